The first-order chi connectivity index (χ1) is 11.7. The van der Waals surface area contributed by atoms with E-state index in [1.807, 2.05) is 0 Å². The summed E-state index contributed by atoms with van der Waals surface area (Å²) < 4.78 is 0. The minimum Gasteiger partial charge on any atom is -0.114 e. The third kappa shape index (κ3) is 9.11. The number of benzene rings is 1. The smallest absolute Gasteiger partial charge is 0.0695 e. The molecule has 1 heteroatoms. The number of hydrogen-bond donors (Lipinski definition) is 0. The van der Waals surface area contributed by atoms with Gasteiger partial charge in [0.2, 0.25) is 0 Å². The van der Waals surface area contributed by atoms with E-state index in [1.54, 1.807) is 0 Å². The van der Waals surface area contributed by atoms with Crippen molar-refractivity contribution in [1.82, 2.24) is 0 Å². The molecule has 0 heterocycles. The van der Waals surface area contributed by atoms with Crippen LogP contribution in [0.3, 0.4) is 0 Å². The molecule has 0 radical (unpaired) electrons. The summed E-state index contributed by atoms with van der Waals surface area (Å²) in [5, 5.41) is 0. The van der Waals surface area contributed by atoms with Gasteiger partial charge in [-0.05, 0) is 18.4 Å². The van der Waals surface area contributed by atoms with Gasteiger partial charge in [0.05, 0.1) is 4.87 Å². The molecule has 0 amide bonds. The van der Waals surface area contributed by atoms with E-state index in [9.17, 15) is 0 Å². The van der Waals surface area contributed by atoms with Crippen LogP contribution in [0.25, 0.3) is 0 Å². The molecule has 0 unspecified atom stereocenters. The first kappa shape index (κ1) is 21.6. The van der Waals surface area contributed by atoms with E-state index in [4.69, 9.17) is 11.6 Å². The van der Waals surface area contributed by atoms with Crippen LogP contribution in [0.5, 0.6) is 0 Å². The first-order valence-corrected chi connectivity index (χ1v) is 10.8. The van der Waals surface area contributed by atoms with Gasteiger partial charge in [-0.2, -0.15) is 0 Å². The Kier molecular flexibility index (Phi) is 12.4. The number of alkyl halides is 1. The lowest BCUT2D eigenvalue weighted by Crippen LogP contribution is -2.19. The largest absolute Gasteiger partial charge is 0.114 e. The molecule has 0 atom stereocenters. The highest BCUT2D eigenvalue weighted by atomic mass is 35.5. The molecule has 0 fully saturated rings. The fourth-order valence-corrected chi connectivity index (χ4v) is 3.91. The Morgan fingerprint density at radius 3 is 1.50 bits per heavy atom. The van der Waals surface area contributed by atoms with Gasteiger partial charge < -0.3 is 0 Å². The Bertz CT molecular complexity index is 368. The molecule has 0 aliphatic rings. The Balaban J connectivity index is 2.42. The predicted molar refractivity (Wildman–Crippen MR) is 110 cm³/mol. The molecular formula is C23H39Cl. The van der Waals surface area contributed by atoms with Gasteiger partial charge in [-0.3, -0.25) is 0 Å². The maximum absolute atomic E-state index is 7.14. The Hall–Kier alpha value is -0.490. The van der Waals surface area contributed by atoms with Gasteiger partial charge in [0.15, 0.2) is 0 Å². The van der Waals surface area contributed by atoms with Crippen molar-refractivity contribution in [3.05, 3.63) is 35.9 Å². The highest BCUT2D eigenvalue weighted by Gasteiger charge is 2.28. The third-order valence-electron chi connectivity index (χ3n) is 5.14. The third-order valence-corrected chi connectivity index (χ3v) is 5.74. The SMILES string of the molecule is CCCCCCCCC(Cl)(CCCCCCCC)c1ccccc1. The maximum atomic E-state index is 7.14. The molecule has 0 N–H and O–H groups in total. The van der Waals surface area contributed by atoms with Crippen molar-refractivity contribution in [1.29, 1.82) is 0 Å². The molecule has 138 valence electrons. The van der Waals surface area contributed by atoms with E-state index >= 15 is 0 Å². The Morgan fingerprint density at radius 2 is 1.04 bits per heavy atom. The van der Waals surface area contributed by atoms with Crippen LogP contribution in [0.1, 0.15) is 109 Å². The molecule has 1 rings (SSSR count). The monoisotopic (exact) mass is 350 g/mol. The van der Waals surface area contributed by atoms with Gasteiger partial charge in [0.25, 0.3) is 0 Å². The minimum absolute atomic E-state index is 0.142. The average molecular weight is 351 g/mol. The molecule has 0 aliphatic carbocycles. The topological polar surface area (TPSA) is 0 Å². The lowest BCUT2D eigenvalue weighted by atomic mass is 9.87. The zero-order valence-corrected chi connectivity index (χ0v) is 16.9. The zero-order chi connectivity index (χ0) is 17.5. The maximum Gasteiger partial charge on any atom is 0.0695 e. The van der Waals surface area contributed by atoms with Gasteiger partial charge in [0.1, 0.15) is 0 Å². The van der Waals surface area contributed by atoms with Crippen molar-refractivity contribution in [2.75, 3.05) is 0 Å². The second-order valence-corrected chi connectivity index (χ2v) is 8.09. The summed E-state index contributed by atoms with van der Waals surface area (Å²) >= 11 is 7.14. The number of hydrogen-bond acceptors (Lipinski definition) is 0. The summed E-state index contributed by atoms with van der Waals surface area (Å²) in [6.07, 6.45) is 18.3. The van der Waals surface area contributed by atoms with Crippen molar-refractivity contribution >= 4 is 11.6 Å². The van der Waals surface area contributed by atoms with E-state index < -0.39 is 0 Å². The van der Waals surface area contributed by atoms with E-state index in [0.29, 0.717) is 0 Å². The molecule has 0 spiro atoms. The molecular weight excluding hydrogens is 312 g/mol. The van der Waals surface area contributed by atoms with Crippen LogP contribution >= 0.6 is 11.6 Å². The van der Waals surface area contributed by atoms with Gasteiger partial charge >= 0.3 is 0 Å². The summed E-state index contributed by atoms with van der Waals surface area (Å²) in [5.41, 5.74) is 1.33. The lowest BCUT2D eigenvalue weighted by Gasteiger charge is -2.28. The van der Waals surface area contributed by atoms with Crippen molar-refractivity contribution in [3.8, 4) is 0 Å². The molecule has 24 heavy (non-hydrogen) atoms. The molecule has 0 aliphatic heterocycles. The molecule has 1 aromatic rings. The van der Waals surface area contributed by atoms with Crippen LogP contribution in [0.2, 0.25) is 0 Å². The van der Waals surface area contributed by atoms with Crippen LogP contribution < -0.4 is 0 Å². The van der Waals surface area contributed by atoms with E-state index in [1.165, 1.54) is 82.6 Å². The summed E-state index contributed by atoms with van der Waals surface area (Å²) in [6.45, 7) is 4.55. The highest BCUT2D eigenvalue weighted by Crippen LogP contribution is 2.39. The Labute approximate surface area is 156 Å². The molecule has 0 saturated heterocycles. The van der Waals surface area contributed by atoms with Crippen molar-refractivity contribution in [3.63, 3.8) is 0 Å². The van der Waals surface area contributed by atoms with Crippen molar-refractivity contribution in [2.24, 2.45) is 0 Å². The van der Waals surface area contributed by atoms with E-state index in [-0.39, 0.29) is 4.87 Å². The molecule has 0 bridgehead atoms. The number of unbranched alkanes of at least 4 members (excludes halogenated alkanes) is 10. The average Bonchev–Trinajstić information content (AvgIpc) is 2.62. The molecule has 1 aromatic carbocycles. The van der Waals surface area contributed by atoms with Crippen LogP contribution in [-0.2, 0) is 4.87 Å². The highest BCUT2D eigenvalue weighted by molar-refractivity contribution is 6.24. The lowest BCUT2D eigenvalue weighted by molar-refractivity contribution is 0.445. The zero-order valence-electron chi connectivity index (χ0n) is 16.2. The number of halogens is 1. The van der Waals surface area contributed by atoms with Gasteiger partial charge in [-0.1, -0.05) is 121 Å². The van der Waals surface area contributed by atoms with E-state index in [0.717, 1.165) is 12.8 Å². The fourth-order valence-electron chi connectivity index (χ4n) is 3.52. The molecule has 0 saturated carbocycles. The van der Waals surface area contributed by atoms with Gasteiger partial charge in [-0.25, -0.2) is 0 Å². The quantitative estimate of drug-likeness (QED) is 0.219. The standard InChI is InChI=1S/C23H39Cl/c1-3-5-7-9-11-16-20-23(24,22-18-14-13-15-19-22)21-17-12-10-8-6-4-2/h13-15,18-19H,3-12,16-17,20-21H2,1-2H3. The first-order valence-electron chi connectivity index (χ1n) is 10.5. The normalized spacial score (nSPS) is 11.8. The number of rotatable bonds is 15. The summed E-state index contributed by atoms with van der Waals surface area (Å²) in [4.78, 5) is -0.142. The fraction of sp³-hybridized carbons (Fsp3) is 0.739. The van der Waals surface area contributed by atoms with Crippen LogP contribution in [-0.4, -0.2) is 0 Å². The molecule has 0 nitrogen and oxygen atoms in total. The van der Waals surface area contributed by atoms with Crippen molar-refractivity contribution in [2.45, 2.75) is 109 Å². The summed E-state index contributed by atoms with van der Waals surface area (Å²) in [7, 11) is 0. The Morgan fingerprint density at radius 1 is 0.625 bits per heavy atom. The van der Waals surface area contributed by atoms with Gasteiger partial charge in [0, 0.05) is 0 Å². The molecule has 0 aromatic heterocycles. The summed E-state index contributed by atoms with van der Waals surface area (Å²) in [6, 6.07) is 10.8. The predicted octanol–water partition coefficient (Wildman–Crippen LogP) is 8.62. The van der Waals surface area contributed by atoms with Crippen LogP contribution in [0.15, 0.2) is 30.3 Å². The van der Waals surface area contributed by atoms with Crippen molar-refractivity contribution < 1.29 is 0 Å². The van der Waals surface area contributed by atoms with Crippen LogP contribution in [0, 0.1) is 0 Å². The second-order valence-electron chi connectivity index (χ2n) is 7.37. The van der Waals surface area contributed by atoms with Gasteiger partial charge in [-0.15, -0.1) is 11.6 Å². The second kappa shape index (κ2) is 13.8. The summed E-state index contributed by atoms with van der Waals surface area (Å²) in [5.74, 6) is 0. The van der Waals surface area contributed by atoms with Crippen LogP contribution in [0.4, 0.5) is 0 Å². The van der Waals surface area contributed by atoms with E-state index in [2.05, 4.69) is 44.2 Å². The minimum atomic E-state index is -0.142.